The highest BCUT2D eigenvalue weighted by atomic mass is 32.2. The highest BCUT2D eigenvalue weighted by molar-refractivity contribution is 8.06. The van der Waals surface area contributed by atoms with Gasteiger partial charge in [-0.25, -0.2) is 4.79 Å². The van der Waals surface area contributed by atoms with Crippen LogP contribution in [0.2, 0.25) is 0 Å². The van der Waals surface area contributed by atoms with Crippen molar-refractivity contribution in [3.05, 3.63) is 12.2 Å². The molecule has 1 saturated heterocycles. The maximum atomic E-state index is 10.4. The first-order valence-corrected chi connectivity index (χ1v) is 6.71. The van der Waals surface area contributed by atoms with Crippen molar-refractivity contribution >= 4 is 29.5 Å². The highest BCUT2D eigenvalue weighted by Gasteiger charge is 2.13. The Morgan fingerprint density at radius 3 is 2.93 bits per heavy atom. The molecule has 0 saturated carbocycles. The van der Waals surface area contributed by atoms with Crippen LogP contribution in [0.5, 0.6) is 0 Å². The average molecular weight is 233 g/mol. The summed E-state index contributed by atoms with van der Waals surface area (Å²) in [6.07, 6.45) is 0. The molecule has 0 amide bonds. The Bertz CT molecular complexity index is 215. The van der Waals surface area contributed by atoms with Crippen LogP contribution in [-0.2, 0) is 4.79 Å². The minimum atomic E-state index is -0.914. The smallest absolute Gasteiger partial charge is 0.332 e. The van der Waals surface area contributed by atoms with E-state index < -0.39 is 5.97 Å². The number of hydrogen-bond acceptors (Lipinski definition) is 4. The number of hydrogen-bond donors (Lipinski definition) is 2. The lowest BCUT2D eigenvalue weighted by Gasteiger charge is -2.21. The van der Waals surface area contributed by atoms with E-state index in [9.17, 15) is 4.79 Å². The standard InChI is InChI=1S/C9H15NO2S2/c1-7(9(11)12)4-10-5-8-6-13-2-3-14-8/h8,10H,1-6H2,(H,11,12). The second kappa shape index (κ2) is 6.37. The number of aliphatic carboxylic acids is 1. The average Bonchev–Trinajstić information content (AvgIpc) is 2.19. The molecule has 80 valence electrons. The van der Waals surface area contributed by atoms with Gasteiger partial charge in [0, 0.05) is 41.2 Å². The zero-order valence-corrected chi connectivity index (χ0v) is 9.62. The van der Waals surface area contributed by atoms with Gasteiger partial charge < -0.3 is 10.4 Å². The summed E-state index contributed by atoms with van der Waals surface area (Å²) in [6.45, 7) is 4.73. The van der Waals surface area contributed by atoms with Crippen LogP contribution in [0, 0.1) is 0 Å². The topological polar surface area (TPSA) is 49.3 Å². The molecule has 0 spiro atoms. The van der Waals surface area contributed by atoms with Crippen LogP contribution in [0.25, 0.3) is 0 Å². The van der Waals surface area contributed by atoms with Crippen molar-refractivity contribution < 1.29 is 9.90 Å². The molecule has 1 heterocycles. The van der Waals surface area contributed by atoms with Gasteiger partial charge in [-0.15, -0.1) is 0 Å². The van der Waals surface area contributed by atoms with Crippen LogP contribution in [0.15, 0.2) is 12.2 Å². The van der Waals surface area contributed by atoms with Crippen molar-refractivity contribution in [2.24, 2.45) is 0 Å². The second-order valence-electron chi connectivity index (χ2n) is 3.11. The molecule has 3 nitrogen and oxygen atoms in total. The predicted molar refractivity (Wildman–Crippen MR) is 63.2 cm³/mol. The first kappa shape index (κ1) is 11.9. The minimum Gasteiger partial charge on any atom is -0.478 e. The predicted octanol–water partition coefficient (Wildman–Crippen LogP) is 1.07. The Morgan fingerprint density at radius 1 is 1.57 bits per heavy atom. The van der Waals surface area contributed by atoms with Crippen LogP contribution in [0.4, 0.5) is 0 Å². The van der Waals surface area contributed by atoms with E-state index in [2.05, 4.69) is 11.9 Å². The lowest BCUT2D eigenvalue weighted by molar-refractivity contribution is -0.132. The molecular formula is C9H15NO2S2. The van der Waals surface area contributed by atoms with E-state index in [4.69, 9.17) is 5.11 Å². The summed E-state index contributed by atoms with van der Waals surface area (Å²) >= 11 is 3.93. The van der Waals surface area contributed by atoms with E-state index in [1.165, 1.54) is 11.5 Å². The van der Waals surface area contributed by atoms with Crippen molar-refractivity contribution in [2.75, 3.05) is 30.3 Å². The van der Waals surface area contributed by atoms with Gasteiger partial charge in [0.1, 0.15) is 0 Å². The molecule has 0 aliphatic carbocycles. The third kappa shape index (κ3) is 4.39. The van der Waals surface area contributed by atoms with Crippen LogP contribution < -0.4 is 5.32 Å². The first-order chi connectivity index (χ1) is 6.70. The zero-order chi connectivity index (χ0) is 10.4. The van der Waals surface area contributed by atoms with Gasteiger partial charge in [-0.1, -0.05) is 6.58 Å². The van der Waals surface area contributed by atoms with E-state index >= 15 is 0 Å². The molecule has 0 aromatic rings. The van der Waals surface area contributed by atoms with Gasteiger partial charge in [-0.3, -0.25) is 0 Å². The molecule has 1 unspecified atom stereocenters. The largest absolute Gasteiger partial charge is 0.478 e. The Morgan fingerprint density at radius 2 is 2.36 bits per heavy atom. The van der Waals surface area contributed by atoms with Crippen LogP contribution in [0.3, 0.4) is 0 Å². The minimum absolute atomic E-state index is 0.235. The van der Waals surface area contributed by atoms with Crippen LogP contribution in [0.1, 0.15) is 0 Å². The number of carboxylic acid groups (broad SMARTS) is 1. The molecule has 5 heteroatoms. The molecule has 2 N–H and O–H groups in total. The lowest BCUT2D eigenvalue weighted by atomic mass is 10.3. The molecule has 1 aliphatic rings. The summed E-state index contributed by atoms with van der Waals surface area (Å²) < 4.78 is 0. The van der Waals surface area contributed by atoms with Crippen molar-refractivity contribution in [1.29, 1.82) is 0 Å². The van der Waals surface area contributed by atoms with E-state index in [0.29, 0.717) is 11.8 Å². The summed E-state index contributed by atoms with van der Waals surface area (Å²) in [6, 6.07) is 0. The Balaban J connectivity index is 2.08. The fourth-order valence-electron chi connectivity index (χ4n) is 1.11. The Labute approximate surface area is 92.7 Å². The van der Waals surface area contributed by atoms with Crippen molar-refractivity contribution in [3.8, 4) is 0 Å². The quantitative estimate of drug-likeness (QED) is 0.696. The molecule has 0 aromatic carbocycles. The summed E-state index contributed by atoms with van der Waals surface area (Å²) in [5, 5.41) is 12.3. The third-order valence-corrected chi connectivity index (χ3v) is 4.74. The van der Waals surface area contributed by atoms with Crippen molar-refractivity contribution in [3.63, 3.8) is 0 Å². The third-order valence-electron chi connectivity index (χ3n) is 1.90. The Kier molecular flexibility index (Phi) is 5.44. The van der Waals surface area contributed by atoms with Crippen LogP contribution in [-0.4, -0.2) is 46.7 Å². The number of rotatable bonds is 5. The van der Waals surface area contributed by atoms with Crippen molar-refractivity contribution in [2.45, 2.75) is 5.25 Å². The van der Waals surface area contributed by atoms with Gasteiger partial charge in [0.25, 0.3) is 0 Å². The van der Waals surface area contributed by atoms with Gasteiger partial charge in [0.05, 0.1) is 0 Å². The summed E-state index contributed by atoms with van der Waals surface area (Å²) in [5.74, 6) is 2.69. The lowest BCUT2D eigenvalue weighted by Crippen LogP contribution is -2.31. The van der Waals surface area contributed by atoms with Gasteiger partial charge in [0.15, 0.2) is 0 Å². The fourth-order valence-corrected chi connectivity index (χ4v) is 3.76. The molecule has 0 aromatic heterocycles. The molecule has 1 rings (SSSR count). The Hall–Kier alpha value is -0.130. The number of carboxylic acids is 1. The number of thioether (sulfide) groups is 2. The second-order valence-corrected chi connectivity index (χ2v) is 5.67. The van der Waals surface area contributed by atoms with Gasteiger partial charge >= 0.3 is 5.97 Å². The molecule has 1 aliphatic heterocycles. The molecule has 0 radical (unpaired) electrons. The highest BCUT2D eigenvalue weighted by Crippen LogP contribution is 2.23. The molecule has 1 fully saturated rings. The molecule has 0 bridgehead atoms. The molecule has 14 heavy (non-hydrogen) atoms. The van der Waals surface area contributed by atoms with E-state index in [1.54, 1.807) is 0 Å². The van der Waals surface area contributed by atoms with E-state index in [1.807, 2.05) is 23.5 Å². The maximum absolute atomic E-state index is 10.4. The van der Waals surface area contributed by atoms with Gasteiger partial charge in [-0.2, -0.15) is 23.5 Å². The van der Waals surface area contributed by atoms with E-state index in [-0.39, 0.29) is 5.57 Å². The summed E-state index contributed by atoms with van der Waals surface area (Å²) in [4.78, 5) is 10.4. The number of carbonyl (C=O) groups is 1. The van der Waals surface area contributed by atoms with Gasteiger partial charge in [-0.05, 0) is 0 Å². The molecular weight excluding hydrogens is 218 g/mol. The summed E-state index contributed by atoms with van der Waals surface area (Å²) in [5.41, 5.74) is 0.235. The van der Waals surface area contributed by atoms with Crippen LogP contribution >= 0.6 is 23.5 Å². The fraction of sp³-hybridized carbons (Fsp3) is 0.667. The number of nitrogens with one attached hydrogen (secondary N) is 1. The zero-order valence-electron chi connectivity index (χ0n) is 7.99. The van der Waals surface area contributed by atoms with Gasteiger partial charge in [0.2, 0.25) is 0 Å². The van der Waals surface area contributed by atoms with E-state index in [0.717, 1.165) is 12.3 Å². The maximum Gasteiger partial charge on any atom is 0.332 e. The molecule has 1 atom stereocenters. The normalized spacial score (nSPS) is 21.9. The summed E-state index contributed by atoms with van der Waals surface area (Å²) in [7, 11) is 0. The monoisotopic (exact) mass is 233 g/mol. The first-order valence-electron chi connectivity index (χ1n) is 4.51. The van der Waals surface area contributed by atoms with Crippen molar-refractivity contribution in [1.82, 2.24) is 5.32 Å². The SMILES string of the molecule is C=C(CNCC1CSCCS1)C(=O)O.